The highest BCUT2D eigenvalue weighted by Crippen LogP contribution is 2.22. The monoisotopic (exact) mass is 391 g/mol. The van der Waals surface area contributed by atoms with Gasteiger partial charge in [-0.25, -0.2) is 4.79 Å². The maximum absolute atomic E-state index is 12.0. The second-order valence-corrected chi connectivity index (χ2v) is 5.97. The molecule has 0 bridgehead atoms. The quantitative estimate of drug-likeness (QED) is 0.765. The van der Waals surface area contributed by atoms with Crippen LogP contribution in [0.25, 0.3) is 0 Å². The van der Waals surface area contributed by atoms with Gasteiger partial charge in [0.05, 0.1) is 18.7 Å². The highest BCUT2D eigenvalue weighted by Gasteiger charge is 2.12. The third kappa shape index (κ3) is 4.83. The van der Waals surface area contributed by atoms with Crippen molar-refractivity contribution >= 4 is 27.8 Å². The van der Waals surface area contributed by atoms with E-state index in [2.05, 4.69) is 26.0 Å². The van der Waals surface area contributed by atoms with Crippen LogP contribution in [0.2, 0.25) is 0 Å². The predicted octanol–water partition coefficient (Wildman–Crippen LogP) is 3.49. The molecule has 126 valence electrons. The molecule has 0 aliphatic heterocycles. The summed E-state index contributed by atoms with van der Waals surface area (Å²) in [6.45, 7) is 1.80. The topological polar surface area (TPSA) is 64.6 Å². The SMILES string of the molecule is COC(=O)c1ccc(OCC(=O)N[C@H](C)c2ccccc2Br)cc1. The van der Waals surface area contributed by atoms with Crippen LogP contribution < -0.4 is 10.1 Å². The van der Waals surface area contributed by atoms with E-state index in [0.29, 0.717) is 11.3 Å². The Bertz CT molecular complexity index is 715. The van der Waals surface area contributed by atoms with E-state index in [4.69, 9.17) is 4.74 Å². The van der Waals surface area contributed by atoms with Gasteiger partial charge >= 0.3 is 5.97 Å². The van der Waals surface area contributed by atoms with E-state index in [1.165, 1.54) is 7.11 Å². The molecular formula is C18H18BrNO4. The number of nitrogens with one attached hydrogen (secondary N) is 1. The number of ether oxygens (including phenoxy) is 2. The molecule has 1 atom stereocenters. The van der Waals surface area contributed by atoms with Crippen LogP contribution in [0.5, 0.6) is 5.75 Å². The van der Waals surface area contributed by atoms with E-state index in [9.17, 15) is 9.59 Å². The first-order chi connectivity index (χ1) is 11.5. The van der Waals surface area contributed by atoms with Crippen LogP contribution in [-0.2, 0) is 9.53 Å². The number of rotatable bonds is 6. The molecule has 1 amide bonds. The molecule has 0 aromatic heterocycles. The average Bonchev–Trinajstić information content (AvgIpc) is 2.60. The second kappa shape index (κ2) is 8.49. The summed E-state index contributed by atoms with van der Waals surface area (Å²) in [5.74, 6) is -0.136. The molecule has 0 unspecified atom stereocenters. The Morgan fingerprint density at radius 1 is 1.12 bits per heavy atom. The molecule has 1 N–H and O–H groups in total. The lowest BCUT2D eigenvalue weighted by Crippen LogP contribution is -2.31. The van der Waals surface area contributed by atoms with Gasteiger partial charge in [-0.15, -0.1) is 0 Å². The number of amides is 1. The summed E-state index contributed by atoms with van der Waals surface area (Å²) in [7, 11) is 1.32. The third-order valence-electron chi connectivity index (χ3n) is 3.39. The Morgan fingerprint density at radius 3 is 2.42 bits per heavy atom. The Hall–Kier alpha value is -2.34. The number of methoxy groups -OCH3 is 1. The minimum atomic E-state index is -0.415. The number of benzene rings is 2. The normalized spacial score (nSPS) is 11.5. The third-order valence-corrected chi connectivity index (χ3v) is 4.12. The molecule has 0 radical (unpaired) electrons. The van der Waals surface area contributed by atoms with E-state index < -0.39 is 5.97 Å². The van der Waals surface area contributed by atoms with E-state index >= 15 is 0 Å². The zero-order valence-corrected chi connectivity index (χ0v) is 15.0. The van der Waals surface area contributed by atoms with Gasteiger partial charge in [0.2, 0.25) is 0 Å². The molecular weight excluding hydrogens is 374 g/mol. The zero-order chi connectivity index (χ0) is 17.5. The molecule has 0 aliphatic carbocycles. The summed E-state index contributed by atoms with van der Waals surface area (Å²) < 4.78 is 11.0. The first-order valence-corrected chi connectivity index (χ1v) is 8.15. The van der Waals surface area contributed by atoms with Crippen LogP contribution >= 0.6 is 15.9 Å². The van der Waals surface area contributed by atoms with Crippen molar-refractivity contribution in [3.8, 4) is 5.75 Å². The van der Waals surface area contributed by atoms with Crippen molar-refractivity contribution in [2.75, 3.05) is 13.7 Å². The van der Waals surface area contributed by atoms with Crippen molar-refractivity contribution in [1.29, 1.82) is 0 Å². The fraction of sp³-hybridized carbons (Fsp3) is 0.222. The first-order valence-electron chi connectivity index (χ1n) is 7.36. The smallest absolute Gasteiger partial charge is 0.337 e. The lowest BCUT2D eigenvalue weighted by Gasteiger charge is -2.16. The van der Waals surface area contributed by atoms with Crippen molar-refractivity contribution < 1.29 is 19.1 Å². The minimum Gasteiger partial charge on any atom is -0.484 e. The van der Waals surface area contributed by atoms with Gasteiger partial charge in [-0.2, -0.15) is 0 Å². The van der Waals surface area contributed by atoms with Gasteiger partial charge in [-0.3, -0.25) is 4.79 Å². The van der Waals surface area contributed by atoms with E-state index in [0.717, 1.165) is 10.0 Å². The van der Waals surface area contributed by atoms with Gasteiger partial charge < -0.3 is 14.8 Å². The Labute approximate surface area is 149 Å². The van der Waals surface area contributed by atoms with Crippen LogP contribution in [-0.4, -0.2) is 25.6 Å². The molecule has 2 aromatic carbocycles. The number of carbonyl (C=O) groups is 2. The first kappa shape index (κ1) is 18.0. The van der Waals surface area contributed by atoms with Gasteiger partial charge in [-0.05, 0) is 42.8 Å². The molecule has 0 fully saturated rings. The van der Waals surface area contributed by atoms with Crippen LogP contribution in [0.1, 0.15) is 28.9 Å². The molecule has 0 spiro atoms. The Kier molecular flexibility index (Phi) is 6.37. The second-order valence-electron chi connectivity index (χ2n) is 5.12. The summed E-state index contributed by atoms with van der Waals surface area (Å²) in [4.78, 5) is 23.4. The molecule has 0 aliphatic rings. The average molecular weight is 392 g/mol. The predicted molar refractivity (Wildman–Crippen MR) is 94.0 cm³/mol. The van der Waals surface area contributed by atoms with Crippen molar-refractivity contribution in [3.05, 3.63) is 64.1 Å². The highest BCUT2D eigenvalue weighted by atomic mass is 79.9. The summed E-state index contributed by atoms with van der Waals surface area (Å²) in [6, 6.07) is 14.0. The molecule has 0 saturated carbocycles. The molecule has 0 saturated heterocycles. The lowest BCUT2D eigenvalue weighted by molar-refractivity contribution is -0.123. The van der Waals surface area contributed by atoms with Gasteiger partial charge in [0.25, 0.3) is 5.91 Å². The maximum Gasteiger partial charge on any atom is 0.337 e. The fourth-order valence-corrected chi connectivity index (χ4v) is 2.77. The number of hydrogen-bond acceptors (Lipinski definition) is 4. The summed E-state index contributed by atoms with van der Waals surface area (Å²) in [5, 5.41) is 2.88. The van der Waals surface area contributed by atoms with Crippen LogP contribution in [0.4, 0.5) is 0 Å². The number of carbonyl (C=O) groups excluding carboxylic acids is 2. The fourth-order valence-electron chi connectivity index (χ4n) is 2.14. The molecule has 6 heteroatoms. The molecule has 5 nitrogen and oxygen atoms in total. The van der Waals surface area contributed by atoms with E-state index in [1.54, 1.807) is 24.3 Å². The maximum atomic E-state index is 12.0. The Morgan fingerprint density at radius 2 is 1.79 bits per heavy atom. The summed E-state index contributed by atoms with van der Waals surface area (Å²) in [6.07, 6.45) is 0. The van der Waals surface area contributed by atoms with Crippen molar-refractivity contribution in [1.82, 2.24) is 5.32 Å². The van der Waals surface area contributed by atoms with E-state index in [-0.39, 0.29) is 18.6 Å². The van der Waals surface area contributed by atoms with Crippen LogP contribution in [0, 0.1) is 0 Å². The van der Waals surface area contributed by atoms with Gasteiger partial charge in [0.15, 0.2) is 6.61 Å². The molecule has 2 rings (SSSR count). The zero-order valence-electron chi connectivity index (χ0n) is 13.4. The summed E-state index contributed by atoms with van der Waals surface area (Å²) >= 11 is 3.47. The minimum absolute atomic E-state index is 0.105. The lowest BCUT2D eigenvalue weighted by atomic mass is 10.1. The van der Waals surface area contributed by atoms with Crippen molar-refractivity contribution in [2.24, 2.45) is 0 Å². The van der Waals surface area contributed by atoms with Crippen LogP contribution in [0.15, 0.2) is 53.0 Å². The number of esters is 1. The van der Waals surface area contributed by atoms with Gasteiger partial charge in [-0.1, -0.05) is 34.1 Å². The van der Waals surface area contributed by atoms with Crippen molar-refractivity contribution in [3.63, 3.8) is 0 Å². The van der Waals surface area contributed by atoms with Crippen molar-refractivity contribution in [2.45, 2.75) is 13.0 Å². The largest absolute Gasteiger partial charge is 0.484 e. The van der Waals surface area contributed by atoms with Crippen LogP contribution in [0.3, 0.4) is 0 Å². The van der Waals surface area contributed by atoms with Gasteiger partial charge in [0, 0.05) is 4.47 Å². The standard InChI is InChI=1S/C18H18BrNO4/c1-12(15-5-3-4-6-16(15)19)20-17(21)11-24-14-9-7-13(8-10-14)18(22)23-2/h3-10,12H,11H2,1-2H3,(H,20,21)/t12-/m1/s1. The molecule has 0 heterocycles. The van der Waals surface area contributed by atoms with E-state index in [1.807, 2.05) is 31.2 Å². The number of hydrogen-bond donors (Lipinski definition) is 1. The Balaban J connectivity index is 1.87. The highest BCUT2D eigenvalue weighted by molar-refractivity contribution is 9.10. The number of halogens is 1. The molecule has 2 aromatic rings. The summed E-state index contributed by atoms with van der Waals surface area (Å²) in [5.41, 5.74) is 1.42. The molecule has 24 heavy (non-hydrogen) atoms. The van der Waals surface area contributed by atoms with Gasteiger partial charge in [0.1, 0.15) is 5.75 Å².